The summed E-state index contributed by atoms with van der Waals surface area (Å²) in [6, 6.07) is 7.88. The Labute approximate surface area is 147 Å². The fraction of sp³-hybridized carbons (Fsp3) is 0.444. The number of carbonyl (C=O) groups is 2. The predicted octanol–water partition coefficient (Wildman–Crippen LogP) is 3.23. The minimum Gasteiger partial charge on any atom is -0.481 e. The van der Waals surface area contributed by atoms with Gasteiger partial charge >= 0.3 is 11.9 Å². The Balaban J connectivity index is 2.09. The van der Waals surface area contributed by atoms with Gasteiger partial charge in [0, 0.05) is 11.5 Å². The number of carboxylic acid groups (broad SMARTS) is 1. The normalized spacial score (nSPS) is 11.7. The summed E-state index contributed by atoms with van der Waals surface area (Å²) >= 11 is 1.44. The third-order valence-corrected chi connectivity index (χ3v) is 4.42. The van der Waals surface area contributed by atoms with Crippen LogP contribution in [-0.4, -0.2) is 41.8 Å². The molecule has 0 saturated carbocycles. The second-order valence-corrected chi connectivity index (χ2v) is 6.44. The van der Waals surface area contributed by atoms with Gasteiger partial charge in [-0.1, -0.05) is 43.8 Å². The lowest BCUT2D eigenvalue weighted by molar-refractivity contribution is -0.148. The number of carboxylic acids is 1. The maximum atomic E-state index is 11.8. The first-order valence-electron chi connectivity index (χ1n) is 7.78. The number of aliphatic carboxylic acids is 1. The third-order valence-electron chi connectivity index (χ3n) is 3.19. The number of thioether (sulfide) groups is 1. The Hall–Kier alpha value is -1.79. The van der Waals surface area contributed by atoms with E-state index in [0.29, 0.717) is 24.7 Å². The van der Waals surface area contributed by atoms with Crippen LogP contribution in [0.15, 0.2) is 30.8 Å². The number of hydrogen-bond donors (Lipinski definition) is 1. The number of ether oxygens (including phenoxy) is 2. The molecule has 1 rings (SSSR count). The molecule has 0 aliphatic carbocycles. The molecular formula is C18H24O5S. The van der Waals surface area contributed by atoms with E-state index < -0.39 is 5.97 Å². The van der Waals surface area contributed by atoms with Gasteiger partial charge in [0.15, 0.2) is 0 Å². The zero-order valence-electron chi connectivity index (χ0n) is 13.9. The van der Waals surface area contributed by atoms with E-state index in [1.54, 1.807) is 13.0 Å². The third kappa shape index (κ3) is 8.74. The van der Waals surface area contributed by atoms with Gasteiger partial charge in [-0.05, 0) is 11.1 Å². The van der Waals surface area contributed by atoms with Gasteiger partial charge in [-0.2, -0.15) is 11.8 Å². The monoisotopic (exact) mass is 352 g/mol. The second kappa shape index (κ2) is 11.7. The number of benzene rings is 1. The van der Waals surface area contributed by atoms with E-state index in [9.17, 15) is 9.59 Å². The van der Waals surface area contributed by atoms with Crippen LogP contribution in [-0.2, 0) is 25.7 Å². The number of hydrogen-bond acceptors (Lipinski definition) is 5. The van der Waals surface area contributed by atoms with Crippen molar-refractivity contribution >= 4 is 29.8 Å². The molecule has 0 spiro atoms. The average Bonchev–Trinajstić information content (AvgIpc) is 2.58. The van der Waals surface area contributed by atoms with Crippen molar-refractivity contribution in [1.82, 2.24) is 0 Å². The van der Waals surface area contributed by atoms with Crippen LogP contribution in [0.5, 0.6) is 0 Å². The lowest BCUT2D eigenvalue weighted by Crippen LogP contribution is -2.19. The molecule has 132 valence electrons. The molecule has 1 aromatic carbocycles. The first-order chi connectivity index (χ1) is 11.5. The minimum absolute atomic E-state index is 0.105. The quantitative estimate of drug-likeness (QED) is 0.460. The van der Waals surface area contributed by atoms with Gasteiger partial charge in [-0.15, -0.1) is 0 Å². The van der Waals surface area contributed by atoms with Gasteiger partial charge in [-0.25, -0.2) is 0 Å². The van der Waals surface area contributed by atoms with Crippen molar-refractivity contribution in [3.8, 4) is 0 Å². The molecule has 0 saturated heterocycles. The van der Waals surface area contributed by atoms with Crippen molar-refractivity contribution in [2.75, 3.05) is 24.7 Å². The van der Waals surface area contributed by atoms with Crippen LogP contribution < -0.4 is 0 Å². The van der Waals surface area contributed by atoms with Crippen molar-refractivity contribution in [1.29, 1.82) is 0 Å². The topological polar surface area (TPSA) is 72.8 Å². The second-order valence-electron chi connectivity index (χ2n) is 5.29. The number of esters is 1. The average molecular weight is 352 g/mol. The summed E-state index contributed by atoms with van der Waals surface area (Å²) in [6.45, 7) is 6.50. The molecule has 5 nitrogen and oxygen atoms in total. The van der Waals surface area contributed by atoms with E-state index in [0.717, 1.165) is 11.1 Å². The first-order valence-corrected chi connectivity index (χ1v) is 8.93. The highest BCUT2D eigenvalue weighted by Gasteiger charge is 2.14. The smallest absolute Gasteiger partial charge is 0.309 e. The molecule has 1 N–H and O–H groups in total. The highest BCUT2D eigenvalue weighted by molar-refractivity contribution is 7.99. The van der Waals surface area contributed by atoms with E-state index >= 15 is 0 Å². The summed E-state index contributed by atoms with van der Waals surface area (Å²) in [5.74, 6) is -0.301. The van der Waals surface area contributed by atoms with E-state index in [1.807, 2.05) is 24.3 Å². The number of carbonyl (C=O) groups excluding carboxylic acids is 1. The molecule has 0 bridgehead atoms. The fourth-order valence-corrected chi connectivity index (χ4v) is 2.75. The van der Waals surface area contributed by atoms with Gasteiger partial charge in [0.1, 0.15) is 6.61 Å². The maximum Gasteiger partial charge on any atom is 0.309 e. The van der Waals surface area contributed by atoms with Crippen LogP contribution in [0.4, 0.5) is 0 Å². The molecule has 1 atom stereocenters. The summed E-state index contributed by atoms with van der Waals surface area (Å²) in [6.07, 6.45) is 1.89. The van der Waals surface area contributed by atoms with E-state index in [1.165, 1.54) is 11.8 Å². The fourth-order valence-electron chi connectivity index (χ4n) is 1.77. The first kappa shape index (κ1) is 20.3. The van der Waals surface area contributed by atoms with Crippen LogP contribution in [0.1, 0.15) is 24.5 Å². The Kier molecular flexibility index (Phi) is 9.88. The maximum absolute atomic E-state index is 11.8. The number of rotatable bonds is 12. The molecule has 0 fully saturated rings. The molecule has 1 aromatic rings. The molecule has 0 aromatic heterocycles. The van der Waals surface area contributed by atoms with Crippen molar-refractivity contribution in [3.63, 3.8) is 0 Å². The summed E-state index contributed by atoms with van der Waals surface area (Å²) < 4.78 is 10.6. The molecular weight excluding hydrogens is 328 g/mol. The summed E-state index contributed by atoms with van der Waals surface area (Å²) in [5, 5.41) is 8.54. The lowest BCUT2D eigenvalue weighted by Gasteiger charge is -2.11. The molecule has 0 heterocycles. The van der Waals surface area contributed by atoms with Gasteiger partial charge in [0.25, 0.3) is 0 Å². The van der Waals surface area contributed by atoms with Crippen molar-refractivity contribution in [2.45, 2.75) is 20.0 Å². The van der Waals surface area contributed by atoms with E-state index in [4.69, 9.17) is 14.6 Å². The van der Waals surface area contributed by atoms with Gasteiger partial charge < -0.3 is 14.6 Å². The van der Waals surface area contributed by atoms with Crippen LogP contribution in [0.3, 0.4) is 0 Å². The van der Waals surface area contributed by atoms with E-state index in [-0.39, 0.29) is 24.9 Å². The summed E-state index contributed by atoms with van der Waals surface area (Å²) in [7, 11) is 0. The minimum atomic E-state index is -0.825. The zero-order valence-corrected chi connectivity index (χ0v) is 14.7. The summed E-state index contributed by atoms with van der Waals surface area (Å²) in [4.78, 5) is 22.1. The Morgan fingerprint density at radius 1 is 1.29 bits per heavy atom. The Morgan fingerprint density at radius 3 is 2.62 bits per heavy atom. The molecule has 24 heavy (non-hydrogen) atoms. The lowest BCUT2D eigenvalue weighted by atomic mass is 10.1. The van der Waals surface area contributed by atoms with Crippen LogP contribution in [0.2, 0.25) is 0 Å². The Bertz CT molecular complexity index is 527. The largest absolute Gasteiger partial charge is 0.481 e. The zero-order chi connectivity index (χ0) is 17.8. The van der Waals surface area contributed by atoms with Crippen LogP contribution in [0, 0.1) is 5.92 Å². The predicted molar refractivity (Wildman–Crippen MR) is 95.9 cm³/mol. The summed E-state index contributed by atoms with van der Waals surface area (Å²) in [5.41, 5.74) is 2.11. The highest BCUT2D eigenvalue weighted by atomic mass is 32.2. The highest BCUT2D eigenvalue weighted by Crippen LogP contribution is 2.11. The van der Waals surface area contributed by atoms with E-state index in [2.05, 4.69) is 6.58 Å². The van der Waals surface area contributed by atoms with Gasteiger partial charge in [0.05, 0.1) is 25.6 Å². The van der Waals surface area contributed by atoms with Crippen LogP contribution in [0.25, 0.3) is 6.08 Å². The van der Waals surface area contributed by atoms with Crippen molar-refractivity contribution < 1.29 is 24.2 Å². The molecule has 0 radical (unpaired) electrons. The van der Waals surface area contributed by atoms with Gasteiger partial charge in [-0.3, -0.25) is 9.59 Å². The molecule has 0 amide bonds. The molecule has 0 aliphatic heterocycles. The van der Waals surface area contributed by atoms with Crippen LogP contribution >= 0.6 is 11.8 Å². The molecule has 0 aliphatic rings. The molecule has 1 unspecified atom stereocenters. The Morgan fingerprint density at radius 2 is 2.00 bits per heavy atom. The van der Waals surface area contributed by atoms with Crippen molar-refractivity contribution in [2.24, 2.45) is 5.92 Å². The molecule has 6 heteroatoms. The SMILES string of the molecule is C=Cc1ccc(COCCOC(=O)C(C)CSCCC(=O)O)cc1. The standard InChI is InChI=1S/C18H24O5S/c1-3-15-4-6-16(7-5-15)12-22-9-10-23-18(21)14(2)13-24-11-8-17(19)20/h3-7,14H,1,8-13H2,2H3,(H,19,20). The van der Waals surface area contributed by atoms with Gasteiger partial charge in [0.2, 0.25) is 0 Å². The van der Waals surface area contributed by atoms with Crippen molar-refractivity contribution in [3.05, 3.63) is 42.0 Å².